The maximum Gasteiger partial charge on any atom is 0.227 e. The first-order valence-corrected chi connectivity index (χ1v) is 7.31. The molecule has 1 amide bonds. The zero-order valence-corrected chi connectivity index (χ0v) is 11.1. The average Bonchev–Trinajstić information content (AvgIpc) is 2.79. The quantitative estimate of drug-likeness (QED) is 0.879. The largest absolute Gasteiger partial charge is 0.395 e. The Morgan fingerprint density at radius 2 is 1.89 bits per heavy atom. The van der Waals surface area contributed by atoms with E-state index in [1.54, 1.807) is 0 Å². The molecule has 19 heavy (non-hydrogen) atoms. The van der Waals surface area contributed by atoms with Crippen LogP contribution in [0.5, 0.6) is 0 Å². The molecule has 2 aliphatic heterocycles. The first-order chi connectivity index (χ1) is 9.23. The number of benzene rings is 1. The Kier molecular flexibility index (Phi) is 2.31. The van der Waals surface area contributed by atoms with Gasteiger partial charge in [0.15, 0.2) is 0 Å². The van der Waals surface area contributed by atoms with Gasteiger partial charge in [0, 0.05) is 18.4 Å². The zero-order chi connectivity index (χ0) is 13.0. The molecule has 2 heterocycles. The predicted molar refractivity (Wildman–Crippen MR) is 73.4 cm³/mol. The summed E-state index contributed by atoms with van der Waals surface area (Å²) in [4.78, 5) is 13.9. The van der Waals surface area contributed by atoms with Crippen molar-refractivity contribution in [3.05, 3.63) is 28.8 Å². The molecular weight excluding hydrogens is 238 g/mol. The summed E-state index contributed by atoms with van der Waals surface area (Å²) < 4.78 is 0. The molecule has 3 heteroatoms. The number of carbonyl (C=O) groups excluding carboxylic acids is 1. The molecule has 0 aromatic heterocycles. The molecule has 1 aromatic carbocycles. The Balaban J connectivity index is 1.84. The van der Waals surface area contributed by atoms with E-state index >= 15 is 0 Å². The van der Waals surface area contributed by atoms with Crippen LogP contribution in [-0.2, 0) is 23.1 Å². The molecule has 4 rings (SSSR count). The lowest BCUT2D eigenvalue weighted by atomic mass is 9.64. The number of hydrogen-bond donors (Lipinski definition) is 1. The summed E-state index contributed by atoms with van der Waals surface area (Å²) in [5.41, 5.74) is 5.16. The highest BCUT2D eigenvalue weighted by Gasteiger charge is 2.40. The Labute approximate surface area is 113 Å². The number of carbonyl (C=O) groups is 1. The van der Waals surface area contributed by atoms with Gasteiger partial charge >= 0.3 is 0 Å². The molecule has 1 N–H and O–H groups in total. The van der Waals surface area contributed by atoms with Gasteiger partial charge in [-0.15, -0.1) is 0 Å². The summed E-state index contributed by atoms with van der Waals surface area (Å²) in [5.74, 6) is 0.277. The highest BCUT2D eigenvalue weighted by Crippen LogP contribution is 2.47. The number of aryl methyl sites for hydroxylation is 1. The van der Waals surface area contributed by atoms with E-state index in [0.717, 1.165) is 32.2 Å². The molecule has 100 valence electrons. The molecule has 0 bridgehead atoms. The predicted octanol–water partition coefficient (Wildman–Crippen LogP) is 1.94. The topological polar surface area (TPSA) is 40.5 Å². The van der Waals surface area contributed by atoms with Crippen LogP contribution in [0, 0.1) is 0 Å². The summed E-state index contributed by atoms with van der Waals surface area (Å²) in [6, 6.07) is 4.52. The van der Waals surface area contributed by atoms with E-state index in [-0.39, 0.29) is 17.9 Å². The molecule has 0 saturated heterocycles. The van der Waals surface area contributed by atoms with Gasteiger partial charge in [0.05, 0.1) is 12.3 Å². The van der Waals surface area contributed by atoms with Crippen LogP contribution in [0.15, 0.2) is 12.1 Å². The lowest BCUT2D eigenvalue weighted by Crippen LogP contribution is -2.38. The number of anilines is 1. The van der Waals surface area contributed by atoms with Crippen molar-refractivity contribution in [2.75, 3.05) is 18.1 Å². The minimum Gasteiger partial charge on any atom is -0.395 e. The Morgan fingerprint density at radius 1 is 1.16 bits per heavy atom. The van der Waals surface area contributed by atoms with Crippen LogP contribution < -0.4 is 4.90 Å². The van der Waals surface area contributed by atoms with E-state index < -0.39 is 0 Å². The monoisotopic (exact) mass is 257 g/mol. The second kappa shape index (κ2) is 3.83. The van der Waals surface area contributed by atoms with E-state index in [2.05, 4.69) is 12.1 Å². The van der Waals surface area contributed by atoms with Crippen LogP contribution in [0.25, 0.3) is 0 Å². The number of aliphatic hydroxyl groups excluding tert-OH is 1. The third kappa shape index (κ3) is 1.45. The molecular formula is C16H19NO2. The normalized spacial score (nSPS) is 23.2. The van der Waals surface area contributed by atoms with Crippen LogP contribution >= 0.6 is 0 Å². The molecule has 0 radical (unpaired) electrons. The second-order valence-corrected chi connectivity index (χ2v) is 6.23. The molecule has 3 nitrogen and oxygen atoms in total. The number of amides is 1. The number of hydrogen-bond acceptors (Lipinski definition) is 2. The first-order valence-electron chi connectivity index (χ1n) is 7.31. The van der Waals surface area contributed by atoms with Gasteiger partial charge in [-0.25, -0.2) is 0 Å². The van der Waals surface area contributed by atoms with Crippen LogP contribution in [0.3, 0.4) is 0 Å². The van der Waals surface area contributed by atoms with E-state index in [9.17, 15) is 9.90 Å². The highest BCUT2D eigenvalue weighted by atomic mass is 16.3. The van der Waals surface area contributed by atoms with Crippen molar-refractivity contribution in [3.63, 3.8) is 0 Å². The van der Waals surface area contributed by atoms with Gasteiger partial charge in [-0.05, 0) is 42.4 Å². The number of nitrogens with zero attached hydrogens (tertiary/aromatic N) is 1. The summed E-state index contributed by atoms with van der Waals surface area (Å²) in [7, 11) is 0. The summed E-state index contributed by atoms with van der Waals surface area (Å²) in [5, 5.41) is 9.75. The van der Waals surface area contributed by atoms with Gasteiger partial charge in [0.2, 0.25) is 5.91 Å². The van der Waals surface area contributed by atoms with Crippen LogP contribution in [0.1, 0.15) is 42.4 Å². The van der Waals surface area contributed by atoms with E-state index in [4.69, 9.17) is 0 Å². The van der Waals surface area contributed by atoms with Gasteiger partial charge in [-0.3, -0.25) is 4.79 Å². The van der Waals surface area contributed by atoms with Gasteiger partial charge in [-0.2, -0.15) is 0 Å². The third-order valence-electron chi connectivity index (χ3n) is 5.28. The van der Waals surface area contributed by atoms with Crippen molar-refractivity contribution in [1.29, 1.82) is 0 Å². The van der Waals surface area contributed by atoms with Crippen molar-refractivity contribution in [2.45, 2.75) is 43.9 Å². The molecule has 3 aliphatic rings. The molecule has 1 saturated carbocycles. The molecule has 1 fully saturated rings. The third-order valence-corrected chi connectivity index (χ3v) is 5.28. The van der Waals surface area contributed by atoms with Gasteiger partial charge in [0.25, 0.3) is 0 Å². The minimum absolute atomic E-state index is 0.0143. The van der Waals surface area contributed by atoms with Crippen molar-refractivity contribution in [2.24, 2.45) is 0 Å². The lowest BCUT2D eigenvalue weighted by Gasteiger charge is -2.41. The number of rotatable bonds is 2. The lowest BCUT2D eigenvalue weighted by molar-refractivity contribution is -0.118. The minimum atomic E-state index is 0.0143. The van der Waals surface area contributed by atoms with Crippen molar-refractivity contribution in [3.8, 4) is 0 Å². The van der Waals surface area contributed by atoms with Crippen LogP contribution in [0.4, 0.5) is 5.69 Å². The first kappa shape index (κ1) is 11.5. The standard InChI is InChI=1S/C16H19NO2/c18-10-16(5-1-6-16)13-8-11-2-3-14(19)17-7-4-12(9-13)15(11)17/h8-9,18H,1-7,10H2. The Hall–Kier alpha value is -1.35. The SMILES string of the molecule is O=C1CCc2cc(C3(CO)CCC3)cc3c2N1CC3. The summed E-state index contributed by atoms with van der Waals surface area (Å²) >= 11 is 0. The van der Waals surface area contributed by atoms with E-state index in [0.29, 0.717) is 6.42 Å². The molecule has 0 unspecified atom stereocenters. The molecule has 0 atom stereocenters. The van der Waals surface area contributed by atoms with Crippen LogP contribution in [0.2, 0.25) is 0 Å². The highest BCUT2D eigenvalue weighted by molar-refractivity contribution is 5.98. The maximum atomic E-state index is 11.9. The Bertz CT molecular complexity index is 555. The molecule has 1 aromatic rings. The number of aliphatic hydroxyl groups is 1. The molecule has 1 aliphatic carbocycles. The average molecular weight is 257 g/mol. The van der Waals surface area contributed by atoms with E-state index in [1.165, 1.54) is 28.8 Å². The zero-order valence-electron chi connectivity index (χ0n) is 11.1. The van der Waals surface area contributed by atoms with Gasteiger partial charge < -0.3 is 10.0 Å². The van der Waals surface area contributed by atoms with Gasteiger partial charge in [-0.1, -0.05) is 18.6 Å². The smallest absolute Gasteiger partial charge is 0.227 e. The maximum absolute atomic E-state index is 11.9. The second-order valence-electron chi connectivity index (χ2n) is 6.23. The van der Waals surface area contributed by atoms with E-state index in [1.807, 2.05) is 4.90 Å². The Morgan fingerprint density at radius 3 is 2.53 bits per heavy atom. The summed E-state index contributed by atoms with van der Waals surface area (Å²) in [6.45, 7) is 1.10. The molecule has 0 spiro atoms. The fraction of sp³-hybridized carbons (Fsp3) is 0.562. The van der Waals surface area contributed by atoms with Gasteiger partial charge in [0.1, 0.15) is 0 Å². The summed E-state index contributed by atoms with van der Waals surface area (Å²) in [6.07, 6.45) is 5.91. The van der Waals surface area contributed by atoms with Crippen molar-refractivity contribution in [1.82, 2.24) is 0 Å². The fourth-order valence-corrected chi connectivity index (χ4v) is 3.91. The van der Waals surface area contributed by atoms with Crippen molar-refractivity contribution >= 4 is 11.6 Å². The van der Waals surface area contributed by atoms with Crippen LogP contribution in [-0.4, -0.2) is 24.2 Å². The fourth-order valence-electron chi connectivity index (χ4n) is 3.91. The van der Waals surface area contributed by atoms with Crippen molar-refractivity contribution < 1.29 is 9.90 Å².